The lowest BCUT2D eigenvalue weighted by Crippen LogP contribution is -2.28. The Morgan fingerprint density at radius 2 is 1.64 bits per heavy atom. The van der Waals surface area contributed by atoms with Crippen molar-refractivity contribution in [2.24, 2.45) is 5.92 Å². The van der Waals surface area contributed by atoms with Crippen LogP contribution in [0.25, 0.3) is 0 Å². The van der Waals surface area contributed by atoms with E-state index >= 15 is 0 Å². The van der Waals surface area contributed by atoms with Gasteiger partial charge in [-0.2, -0.15) is 0 Å². The Balaban J connectivity index is 1.84. The predicted octanol–water partition coefficient (Wildman–Crippen LogP) is 4.66. The fourth-order valence-electron chi connectivity index (χ4n) is 3.52. The van der Waals surface area contributed by atoms with Gasteiger partial charge in [0.05, 0.1) is 12.9 Å². The summed E-state index contributed by atoms with van der Waals surface area (Å²) in [5.41, 5.74) is 2.10. The quantitative estimate of drug-likeness (QED) is 0.331. The van der Waals surface area contributed by atoms with Crippen molar-refractivity contribution in [1.82, 2.24) is 0 Å². The highest BCUT2D eigenvalue weighted by atomic mass is 32.2. The van der Waals surface area contributed by atoms with Crippen LogP contribution in [0.15, 0.2) is 59.5 Å². The third-order valence-electron chi connectivity index (χ3n) is 5.43. The minimum Gasteiger partial charge on any atom is -0.507 e. The number of aromatic hydroxyl groups is 1. The van der Waals surface area contributed by atoms with Gasteiger partial charge in [-0.05, 0) is 73.9 Å². The van der Waals surface area contributed by atoms with Crippen LogP contribution < -0.4 is 10.1 Å². The molecule has 2 N–H and O–H groups in total. The summed E-state index contributed by atoms with van der Waals surface area (Å²) in [6.45, 7) is 4.92. The molecular weight excluding hydrogens is 489 g/mol. The number of amides is 1. The number of anilines is 1. The number of aryl methyl sites for hydroxylation is 2. The third kappa shape index (κ3) is 6.19. The summed E-state index contributed by atoms with van der Waals surface area (Å²) >= 11 is 0. The monoisotopic (exact) mass is 515 g/mol. The van der Waals surface area contributed by atoms with Gasteiger partial charge < -0.3 is 19.9 Å². The minimum atomic E-state index is -3.97. The maximum atomic E-state index is 13.2. The zero-order valence-electron chi connectivity index (χ0n) is 20.2. The van der Waals surface area contributed by atoms with Crippen LogP contribution in [0.1, 0.15) is 23.6 Å². The van der Waals surface area contributed by atoms with Crippen molar-refractivity contribution in [2.45, 2.75) is 31.4 Å². The Kier molecular flexibility index (Phi) is 7.99. The molecular formula is C26H26FNO7S. The van der Waals surface area contributed by atoms with Crippen molar-refractivity contribution in [3.63, 3.8) is 0 Å². The molecule has 0 aliphatic heterocycles. The SMILES string of the molecule is COC(=O)C(C)C(=O)Nc1cc(C)c(Oc2ccc(O)c(S(=O)(=O)Cc3ccc(F)cc3)c2)c(C)c1. The van der Waals surface area contributed by atoms with Crippen LogP contribution in [0.2, 0.25) is 0 Å². The first-order chi connectivity index (χ1) is 16.9. The molecule has 0 bridgehead atoms. The van der Waals surface area contributed by atoms with E-state index in [-0.39, 0.29) is 10.6 Å². The summed E-state index contributed by atoms with van der Waals surface area (Å²) < 4.78 is 49.6. The molecule has 0 fully saturated rings. The summed E-state index contributed by atoms with van der Waals surface area (Å²) in [6.07, 6.45) is 0. The number of carbonyl (C=O) groups is 2. The molecule has 0 saturated carbocycles. The van der Waals surface area contributed by atoms with Crippen LogP contribution in [0.4, 0.5) is 10.1 Å². The number of phenolic OH excluding ortho intramolecular Hbond substituents is 1. The van der Waals surface area contributed by atoms with E-state index < -0.39 is 45.0 Å². The summed E-state index contributed by atoms with van der Waals surface area (Å²) in [5.74, 6) is -2.91. The highest BCUT2D eigenvalue weighted by molar-refractivity contribution is 7.90. The topological polar surface area (TPSA) is 119 Å². The van der Waals surface area contributed by atoms with Gasteiger partial charge >= 0.3 is 5.97 Å². The Morgan fingerprint density at radius 3 is 2.22 bits per heavy atom. The number of hydrogen-bond donors (Lipinski definition) is 2. The minimum absolute atomic E-state index is 0.174. The van der Waals surface area contributed by atoms with Crippen LogP contribution >= 0.6 is 0 Å². The van der Waals surface area contributed by atoms with Crippen LogP contribution in [0, 0.1) is 25.6 Å². The summed E-state index contributed by atoms with van der Waals surface area (Å²) in [6, 6.07) is 12.2. The van der Waals surface area contributed by atoms with Gasteiger partial charge in [-0.25, -0.2) is 12.8 Å². The Morgan fingerprint density at radius 1 is 1.03 bits per heavy atom. The number of nitrogens with one attached hydrogen (secondary N) is 1. The zero-order valence-corrected chi connectivity index (χ0v) is 21.0. The van der Waals surface area contributed by atoms with Crippen molar-refractivity contribution < 1.29 is 37.0 Å². The molecule has 3 rings (SSSR count). The second-order valence-corrected chi connectivity index (χ2v) is 10.2. The molecule has 0 aromatic heterocycles. The molecule has 3 aromatic carbocycles. The fraction of sp³-hybridized carbons (Fsp3) is 0.231. The number of methoxy groups -OCH3 is 1. The molecule has 0 saturated heterocycles. The maximum absolute atomic E-state index is 13.2. The molecule has 1 atom stereocenters. The Hall–Kier alpha value is -3.92. The van der Waals surface area contributed by atoms with Crippen molar-refractivity contribution in [1.29, 1.82) is 0 Å². The molecule has 1 amide bonds. The van der Waals surface area contributed by atoms with Gasteiger partial charge in [-0.15, -0.1) is 0 Å². The molecule has 1 unspecified atom stereocenters. The van der Waals surface area contributed by atoms with E-state index in [9.17, 15) is 27.5 Å². The molecule has 0 spiro atoms. The smallest absolute Gasteiger partial charge is 0.317 e. The molecule has 0 aliphatic rings. The highest BCUT2D eigenvalue weighted by Crippen LogP contribution is 2.35. The van der Waals surface area contributed by atoms with Gasteiger partial charge in [-0.1, -0.05) is 12.1 Å². The van der Waals surface area contributed by atoms with Gasteiger partial charge in [-0.3, -0.25) is 9.59 Å². The molecule has 36 heavy (non-hydrogen) atoms. The first-order valence-electron chi connectivity index (χ1n) is 10.9. The molecule has 3 aromatic rings. The number of phenols is 1. The van der Waals surface area contributed by atoms with Crippen LogP contribution in [-0.4, -0.2) is 32.5 Å². The van der Waals surface area contributed by atoms with Crippen molar-refractivity contribution >= 4 is 27.4 Å². The predicted molar refractivity (Wildman–Crippen MR) is 131 cm³/mol. The molecule has 0 radical (unpaired) electrons. The number of benzene rings is 3. The summed E-state index contributed by atoms with van der Waals surface area (Å²) in [7, 11) is -2.76. The fourth-order valence-corrected chi connectivity index (χ4v) is 4.99. The van der Waals surface area contributed by atoms with E-state index in [2.05, 4.69) is 10.1 Å². The average Bonchev–Trinajstić information content (AvgIpc) is 2.82. The van der Waals surface area contributed by atoms with E-state index in [1.165, 1.54) is 44.4 Å². The van der Waals surface area contributed by atoms with Gasteiger partial charge in [0.15, 0.2) is 9.84 Å². The lowest BCUT2D eigenvalue weighted by Gasteiger charge is -2.16. The highest BCUT2D eigenvalue weighted by Gasteiger charge is 2.23. The molecule has 0 heterocycles. The number of ether oxygens (including phenoxy) is 2. The lowest BCUT2D eigenvalue weighted by atomic mass is 10.1. The van der Waals surface area contributed by atoms with Crippen LogP contribution in [0.5, 0.6) is 17.2 Å². The number of rotatable bonds is 8. The van der Waals surface area contributed by atoms with Crippen molar-refractivity contribution in [3.05, 3.63) is 77.1 Å². The normalized spacial score (nSPS) is 12.0. The number of esters is 1. The van der Waals surface area contributed by atoms with E-state index in [1.807, 2.05) is 0 Å². The van der Waals surface area contributed by atoms with Gasteiger partial charge in [0, 0.05) is 11.8 Å². The van der Waals surface area contributed by atoms with Crippen LogP contribution in [-0.2, 0) is 29.9 Å². The summed E-state index contributed by atoms with van der Waals surface area (Å²) in [5, 5.41) is 12.9. The molecule has 10 heteroatoms. The number of carbonyl (C=O) groups excluding carboxylic acids is 2. The van der Waals surface area contributed by atoms with E-state index in [0.717, 1.165) is 12.1 Å². The first-order valence-corrected chi connectivity index (χ1v) is 12.5. The van der Waals surface area contributed by atoms with Crippen molar-refractivity contribution in [3.8, 4) is 17.2 Å². The van der Waals surface area contributed by atoms with Gasteiger partial charge in [0.1, 0.15) is 33.9 Å². The van der Waals surface area contributed by atoms with E-state index in [4.69, 9.17) is 4.74 Å². The average molecular weight is 516 g/mol. The number of halogens is 1. The lowest BCUT2D eigenvalue weighted by molar-refractivity contribution is -0.147. The van der Waals surface area contributed by atoms with E-state index in [0.29, 0.717) is 28.1 Å². The third-order valence-corrected chi connectivity index (χ3v) is 7.14. The molecule has 190 valence electrons. The molecule has 0 aliphatic carbocycles. The number of sulfone groups is 1. The second kappa shape index (κ2) is 10.8. The zero-order chi connectivity index (χ0) is 26.6. The van der Waals surface area contributed by atoms with E-state index in [1.54, 1.807) is 26.0 Å². The van der Waals surface area contributed by atoms with Gasteiger partial charge in [0.25, 0.3) is 0 Å². The first kappa shape index (κ1) is 26.7. The molecule has 8 nitrogen and oxygen atoms in total. The van der Waals surface area contributed by atoms with Crippen molar-refractivity contribution in [2.75, 3.05) is 12.4 Å². The number of hydrogen-bond acceptors (Lipinski definition) is 7. The maximum Gasteiger partial charge on any atom is 0.317 e. The summed E-state index contributed by atoms with van der Waals surface area (Å²) in [4.78, 5) is 23.6. The second-order valence-electron chi connectivity index (χ2n) is 8.29. The van der Waals surface area contributed by atoms with Gasteiger partial charge in [0.2, 0.25) is 5.91 Å². The van der Waals surface area contributed by atoms with Crippen LogP contribution in [0.3, 0.4) is 0 Å². The standard InChI is InChI=1S/C26H26FNO7S/c1-15-11-20(28-25(30)17(3)26(31)34-4)12-16(2)24(15)35-21-9-10-22(29)23(13-21)36(32,33)14-18-5-7-19(27)8-6-18/h5-13,17,29H,14H2,1-4H3,(H,28,30). The largest absolute Gasteiger partial charge is 0.507 e. The Labute approximate surface area is 208 Å². The Bertz CT molecular complexity index is 1380.